The Morgan fingerprint density at radius 2 is 2.24 bits per heavy atom. The molecule has 1 N–H and O–H groups in total. The van der Waals surface area contributed by atoms with Crippen LogP contribution in [0.15, 0.2) is 47.5 Å². The summed E-state index contributed by atoms with van der Waals surface area (Å²) in [4.78, 5) is 11.9. The van der Waals surface area contributed by atoms with Crippen molar-refractivity contribution in [3.63, 3.8) is 0 Å². The molecule has 0 bridgehead atoms. The van der Waals surface area contributed by atoms with Crippen LogP contribution < -0.4 is 10.1 Å². The van der Waals surface area contributed by atoms with E-state index in [4.69, 9.17) is 4.74 Å². The van der Waals surface area contributed by atoms with Gasteiger partial charge in [0.1, 0.15) is 5.75 Å². The lowest BCUT2D eigenvalue weighted by atomic mass is 9.87. The summed E-state index contributed by atoms with van der Waals surface area (Å²) >= 11 is 1.42. The van der Waals surface area contributed by atoms with Crippen LogP contribution in [-0.4, -0.2) is 18.8 Å². The summed E-state index contributed by atoms with van der Waals surface area (Å²) < 4.78 is 5.13. The number of rotatable bonds is 5. The number of ether oxygens (including phenoxy) is 1. The van der Waals surface area contributed by atoms with Crippen LogP contribution in [0, 0.1) is 11.3 Å². The fraction of sp³-hybridized carbons (Fsp3) is 0.250. The average molecular weight is 300 g/mol. The molecule has 0 saturated heterocycles. The summed E-state index contributed by atoms with van der Waals surface area (Å²) in [6.07, 6.45) is 2.03. The van der Waals surface area contributed by atoms with E-state index in [1.54, 1.807) is 13.2 Å². The number of benzene rings is 1. The number of nitrogens with zero attached hydrogens (tertiary/aromatic N) is 1. The molecule has 0 fully saturated rings. The fourth-order valence-electron chi connectivity index (χ4n) is 2.20. The first-order valence-electron chi connectivity index (χ1n) is 6.51. The van der Waals surface area contributed by atoms with Crippen molar-refractivity contribution in [2.45, 2.75) is 12.3 Å². The second-order valence-corrected chi connectivity index (χ2v) is 5.56. The summed E-state index contributed by atoms with van der Waals surface area (Å²) in [5.41, 5.74) is 1.55. The van der Waals surface area contributed by atoms with E-state index in [0.717, 1.165) is 11.3 Å². The van der Waals surface area contributed by atoms with Gasteiger partial charge in [0.05, 0.1) is 23.8 Å². The van der Waals surface area contributed by atoms with Crippen LogP contribution in [0.3, 0.4) is 0 Å². The topological polar surface area (TPSA) is 62.1 Å². The lowest BCUT2D eigenvalue weighted by Crippen LogP contribution is -2.30. The molecule has 108 valence electrons. The van der Waals surface area contributed by atoms with E-state index < -0.39 is 0 Å². The summed E-state index contributed by atoms with van der Waals surface area (Å²) in [5, 5.41) is 12.9. The maximum Gasteiger partial charge on any atom is 0.225 e. The second kappa shape index (κ2) is 7.00. The van der Waals surface area contributed by atoms with E-state index in [1.165, 1.54) is 11.8 Å². The number of hydrogen-bond acceptors (Lipinski definition) is 4. The monoisotopic (exact) mass is 300 g/mol. The quantitative estimate of drug-likeness (QED) is 0.849. The highest BCUT2D eigenvalue weighted by Crippen LogP contribution is 2.36. The van der Waals surface area contributed by atoms with Crippen LogP contribution in [0.2, 0.25) is 0 Å². The number of carbonyl (C=O) groups excluding carboxylic acids is 1. The number of amides is 1. The molecule has 1 aromatic carbocycles. The highest BCUT2D eigenvalue weighted by molar-refractivity contribution is 8.03. The van der Waals surface area contributed by atoms with E-state index in [0.29, 0.717) is 16.4 Å². The minimum atomic E-state index is -0.207. The Bertz CT molecular complexity index is 614. The van der Waals surface area contributed by atoms with Crippen LogP contribution in [0.25, 0.3) is 0 Å². The molecule has 21 heavy (non-hydrogen) atoms. The van der Waals surface area contributed by atoms with Gasteiger partial charge in [-0.2, -0.15) is 5.26 Å². The Balaban J connectivity index is 2.36. The molecule has 0 unspecified atom stereocenters. The molecule has 1 heterocycles. The number of allylic oxidation sites excluding steroid dienone is 1. The summed E-state index contributed by atoms with van der Waals surface area (Å²) in [5.74, 6) is 1.13. The molecule has 0 spiro atoms. The molecular weight excluding hydrogens is 284 g/mol. The smallest absolute Gasteiger partial charge is 0.225 e. The minimum absolute atomic E-state index is 0.0682. The van der Waals surface area contributed by atoms with Crippen molar-refractivity contribution in [3.8, 4) is 11.8 Å². The van der Waals surface area contributed by atoms with Gasteiger partial charge in [-0.05, 0) is 17.7 Å². The zero-order chi connectivity index (χ0) is 15.2. The highest BCUT2D eigenvalue weighted by atomic mass is 32.2. The van der Waals surface area contributed by atoms with Crippen molar-refractivity contribution in [1.29, 1.82) is 5.26 Å². The minimum Gasteiger partial charge on any atom is -0.497 e. The van der Waals surface area contributed by atoms with E-state index in [2.05, 4.69) is 18.0 Å². The lowest BCUT2D eigenvalue weighted by Gasteiger charge is -2.25. The Morgan fingerprint density at radius 1 is 1.52 bits per heavy atom. The van der Waals surface area contributed by atoms with Gasteiger partial charge in [0.2, 0.25) is 5.91 Å². The standard InChI is InChI=1S/C16H16N2O2S/c1-3-8-21-16-14(10-17)13(9-15(19)18-16)11-4-6-12(20-2)7-5-11/h3-7,13H,1,8-9H2,2H3,(H,18,19)/t13-/m1/s1. The zero-order valence-electron chi connectivity index (χ0n) is 11.8. The van der Waals surface area contributed by atoms with E-state index in [1.807, 2.05) is 24.3 Å². The second-order valence-electron chi connectivity index (χ2n) is 4.53. The Kier molecular flexibility index (Phi) is 5.07. The highest BCUT2D eigenvalue weighted by Gasteiger charge is 2.29. The lowest BCUT2D eigenvalue weighted by molar-refractivity contribution is -0.120. The number of nitrogens with one attached hydrogen (secondary N) is 1. The third kappa shape index (κ3) is 3.47. The van der Waals surface area contributed by atoms with Crippen molar-refractivity contribution in [3.05, 3.63) is 53.1 Å². The maximum atomic E-state index is 11.9. The molecular formula is C16H16N2O2S. The van der Waals surface area contributed by atoms with Gasteiger partial charge in [0, 0.05) is 18.1 Å². The van der Waals surface area contributed by atoms with Crippen LogP contribution >= 0.6 is 11.8 Å². The number of nitriles is 1. The summed E-state index contributed by atoms with van der Waals surface area (Å²) in [6.45, 7) is 3.66. The molecule has 0 radical (unpaired) electrons. The van der Waals surface area contributed by atoms with Gasteiger partial charge < -0.3 is 10.1 Å². The molecule has 0 aromatic heterocycles. The van der Waals surface area contributed by atoms with E-state index in [-0.39, 0.29) is 18.2 Å². The first-order valence-corrected chi connectivity index (χ1v) is 7.50. The fourth-order valence-corrected chi connectivity index (χ4v) is 3.01. The third-order valence-corrected chi connectivity index (χ3v) is 4.23. The Labute approximate surface area is 128 Å². The van der Waals surface area contributed by atoms with Crippen LogP contribution in [-0.2, 0) is 4.79 Å². The first kappa shape index (κ1) is 15.2. The normalized spacial score (nSPS) is 17.9. The van der Waals surface area contributed by atoms with Crippen molar-refractivity contribution in [1.82, 2.24) is 5.32 Å². The predicted octanol–water partition coefficient (Wildman–Crippen LogP) is 2.95. The predicted molar refractivity (Wildman–Crippen MR) is 83.8 cm³/mol. The van der Waals surface area contributed by atoms with Crippen molar-refractivity contribution >= 4 is 17.7 Å². The van der Waals surface area contributed by atoms with Gasteiger partial charge in [-0.1, -0.05) is 18.2 Å². The number of methoxy groups -OCH3 is 1. The van der Waals surface area contributed by atoms with E-state index in [9.17, 15) is 10.1 Å². The van der Waals surface area contributed by atoms with Gasteiger partial charge >= 0.3 is 0 Å². The molecule has 1 amide bonds. The first-order chi connectivity index (χ1) is 10.2. The Morgan fingerprint density at radius 3 is 2.81 bits per heavy atom. The zero-order valence-corrected chi connectivity index (χ0v) is 12.6. The molecule has 1 aliphatic rings. The van der Waals surface area contributed by atoms with E-state index >= 15 is 0 Å². The summed E-state index contributed by atoms with van der Waals surface area (Å²) in [7, 11) is 1.60. The number of thioether (sulfide) groups is 1. The molecule has 1 aromatic rings. The molecule has 4 nitrogen and oxygen atoms in total. The summed E-state index contributed by atoms with van der Waals surface area (Å²) in [6, 6.07) is 9.72. The van der Waals surface area contributed by atoms with Gasteiger partial charge in [0.25, 0.3) is 0 Å². The molecule has 2 rings (SSSR count). The van der Waals surface area contributed by atoms with Gasteiger partial charge in [-0.25, -0.2) is 0 Å². The van der Waals surface area contributed by atoms with Gasteiger partial charge in [-0.3, -0.25) is 4.79 Å². The maximum absolute atomic E-state index is 11.9. The van der Waals surface area contributed by atoms with Crippen molar-refractivity contribution in [2.24, 2.45) is 0 Å². The molecule has 0 saturated carbocycles. The van der Waals surface area contributed by atoms with Gasteiger partial charge in [-0.15, -0.1) is 18.3 Å². The van der Waals surface area contributed by atoms with Crippen molar-refractivity contribution in [2.75, 3.05) is 12.9 Å². The molecule has 0 aliphatic carbocycles. The largest absolute Gasteiger partial charge is 0.497 e. The van der Waals surface area contributed by atoms with Crippen LogP contribution in [0.1, 0.15) is 17.9 Å². The molecule has 5 heteroatoms. The SMILES string of the molecule is C=CCSC1=C(C#N)[C@@H](c2ccc(OC)cc2)CC(=O)N1. The average Bonchev–Trinajstić information content (AvgIpc) is 2.52. The Hall–Kier alpha value is -2.19. The molecule has 1 aliphatic heterocycles. The number of carbonyl (C=O) groups is 1. The third-order valence-electron chi connectivity index (χ3n) is 3.22. The van der Waals surface area contributed by atoms with Crippen molar-refractivity contribution < 1.29 is 9.53 Å². The van der Waals surface area contributed by atoms with Crippen LogP contribution in [0.4, 0.5) is 0 Å². The van der Waals surface area contributed by atoms with Gasteiger partial charge in [0.15, 0.2) is 0 Å². The van der Waals surface area contributed by atoms with Crippen LogP contribution in [0.5, 0.6) is 5.75 Å². The number of hydrogen-bond donors (Lipinski definition) is 1. The molecule has 1 atom stereocenters.